The van der Waals surface area contributed by atoms with Gasteiger partial charge in [-0.2, -0.15) is 13.2 Å². The molecular weight excluding hydrogens is 353 g/mol. The molecule has 3 rings (SSSR count). The zero-order chi connectivity index (χ0) is 19.8. The highest BCUT2D eigenvalue weighted by Gasteiger charge is 2.31. The number of Topliss-reactive ketones (excluding diaryl/α,β-unsaturated/α-hetero) is 1. The summed E-state index contributed by atoms with van der Waals surface area (Å²) in [7, 11) is 0. The van der Waals surface area contributed by atoms with E-state index in [1.54, 1.807) is 13.0 Å². The van der Waals surface area contributed by atoms with Gasteiger partial charge in [0, 0.05) is 0 Å². The smallest absolute Gasteiger partial charge is 0.416 e. The van der Waals surface area contributed by atoms with E-state index < -0.39 is 17.7 Å². The minimum Gasteiger partial charge on any atom is -0.465 e. The molecule has 2 aromatic carbocycles. The van der Waals surface area contributed by atoms with Gasteiger partial charge in [-0.3, -0.25) is 4.79 Å². The standard InChI is InChI=1S/C22H19F3O2/c1-13-4-6-16(7-5-13)21(20-12-19(14(2)26)15(3)27-20)17-8-10-18(11-9-17)22(23,24)25/h4-12,21H,1-3H3. The minimum absolute atomic E-state index is 0.113. The van der Waals surface area contributed by atoms with Crippen LogP contribution in [0.1, 0.15) is 57.0 Å². The molecule has 0 aliphatic carbocycles. The quantitative estimate of drug-likeness (QED) is 0.503. The lowest BCUT2D eigenvalue weighted by molar-refractivity contribution is -0.137. The lowest BCUT2D eigenvalue weighted by Crippen LogP contribution is -2.07. The van der Waals surface area contributed by atoms with E-state index in [2.05, 4.69) is 0 Å². The average molecular weight is 372 g/mol. The first-order valence-electron chi connectivity index (χ1n) is 8.52. The van der Waals surface area contributed by atoms with E-state index >= 15 is 0 Å². The van der Waals surface area contributed by atoms with Crippen molar-refractivity contribution in [1.29, 1.82) is 0 Å². The third-order valence-corrected chi connectivity index (χ3v) is 4.58. The van der Waals surface area contributed by atoms with Gasteiger partial charge in [-0.1, -0.05) is 42.0 Å². The van der Waals surface area contributed by atoms with E-state index in [4.69, 9.17) is 4.42 Å². The zero-order valence-electron chi connectivity index (χ0n) is 15.2. The van der Waals surface area contributed by atoms with Gasteiger partial charge in [-0.15, -0.1) is 0 Å². The van der Waals surface area contributed by atoms with E-state index in [1.165, 1.54) is 19.1 Å². The van der Waals surface area contributed by atoms with Gasteiger partial charge in [0.25, 0.3) is 0 Å². The largest absolute Gasteiger partial charge is 0.465 e. The summed E-state index contributed by atoms with van der Waals surface area (Å²) in [5, 5.41) is 0. The summed E-state index contributed by atoms with van der Waals surface area (Å²) < 4.78 is 44.5. The molecule has 0 saturated carbocycles. The van der Waals surface area contributed by atoms with Gasteiger partial charge in [0.2, 0.25) is 0 Å². The number of furan rings is 1. The second kappa shape index (κ2) is 7.06. The molecule has 0 amide bonds. The van der Waals surface area contributed by atoms with Gasteiger partial charge in [-0.25, -0.2) is 0 Å². The summed E-state index contributed by atoms with van der Waals surface area (Å²) in [6, 6.07) is 14.4. The maximum Gasteiger partial charge on any atom is 0.416 e. The summed E-state index contributed by atoms with van der Waals surface area (Å²) in [4.78, 5) is 11.8. The van der Waals surface area contributed by atoms with Crippen LogP contribution < -0.4 is 0 Å². The topological polar surface area (TPSA) is 30.2 Å². The van der Waals surface area contributed by atoms with Crippen LogP contribution in [0.5, 0.6) is 0 Å². The fraction of sp³-hybridized carbons (Fsp3) is 0.227. The van der Waals surface area contributed by atoms with Crippen LogP contribution in [0.4, 0.5) is 13.2 Å². The molecule has 0 bridgehead atoms. The summed E-state index contributed by atoms with van der Waals surface area (Å²) in [5.41, 5.74) is 2.40. The summed E-state index contributed by atoms with van der Waals surface area (Å²) in [5.74, 6) is 0.514. The molecule has 27 heavy (non-hydrogen) atoms. The number of alkyl halides is 3. The molecule has 0 N–H and O–H groups in total. The van der Waals surface area contributed by atoms with Gasteiger partial charge >= 0.3 is 6.18 Å². The van der Waals surface area contributed by atoms with Crippen molar-refractivity contribution < 1.29 is 22.4 Å². The molecule has 0 spiro atoms. The van der Waals surface area contributed by atoms with Crippen molar-refractivity contribution in [2.75, 3.05) is 0 Å². The molecule has 0 aliphatic heterocycles. The molecule has 2 nitrogen and oxygen atoms in total. The van der Waals surface area contributed by atoms with E-state index in [9.17, 15) is 18.0 Å². The Bertz CT molecular complexity index is 949. The Morgan fingerprint density at radius 1 is 0.926 bits per heavy atom. The molecule has 0 radical (unpaired) electrons. The van der Waals surface area contributed by atoms with E-state index in [0.717, 1.165) is 23.3 Å². The number of rotatable bonds is 4. The molecule has 0 aliphatic rings. The molecule has 0 saturated heterocycles. The molecule has 3 aromatic rings. The number of aryl methyl sites for hydroxylation is 2. The normalized spacial score (nSPS) is 12.8. The lowest BCUT2D eigenvalue weighted by Gasteiger charge is -2.17. The summed E-state index contributed by atoms with van der Waals surface area (Å²) >= 11 is 0. The van der Waals surface area contributed by atoms with Crippen LogP contribution in [-0.2, 0) is 6.18 Å². The highest BCUT2D eigenvalue weighted by Crippen LogP contribution is 2.36. The Labute approximate surface area is 155 Å². The first kappa shape index (κ1) is 19.0. The monoisotopic (exact) mass is 372 g/mol. The zero-order valence-corrected chi connectivity index (χ0v) is 15.2. The minimum atomic E-state index is -4.39. The fourth-order valence-corrected chi connectivity index (χ4v) is 3.14. The van der Waals surface area contributed by atoms with Gasteiger partial charge in [0.15, 0.2) is 5.78 Å². The number of hydrogen-bond donors (Lipinski definition) is 0. The maximum absolute atomic E-state index is 12.9. The Kier molecular flexibility index (Phi) is 4.96. The predicted octanol–water partition coefficient (Wildman–Crippen LogP) is 6.30. The lowest BCUT2D eigenvalue weighted by atomic mass is 9.88. The van der Waals surface area contributed by atoms with Crippen LogP contribution in [0.2, 0.25) is 0 Å². The van der Waals surface area contributed by atoms with Crippen LogP contribution in [-0.4, -0.2) is 5.78 Å². The third kappa shape index (κ3) is 3.97. The second-order valence-corrected chi connectivity index (χ2v) is 6.64. The number of halogens is 3. The molecule has 1 atom stereocenters. The van der Waals surface area contributed by atoms with Crippen LogP contribution in [0.25, 0.3) is 0 Å². The van der Waals surface area contributed by atoms with E-state index in [0.29, 0.717) is 22.6 Å². The SMILES string of the molecule is CC(=O)c1cc(C(c2ccc(C)cc2)c2ccc(C(F)(F)F)cc2)oc1C. The highest BCUT2D eigenvalue weighted by molar-refractivity contribution is 5.95. The third-order valence-electron chi connectivity index (χ3n) is 4.58. The van der Waals surface area contributed by atoms with Crippen molar-refractivity contribution in [3.63, 3.8) is 0 Å². The predicted molar refractivity (Wildman–Crippen MR) is 97.0 cm³/mol. The Balaban J connectivity index is 2.12. The first-order valence-corrected chi connectivity index (χ1v) is 8.52. The van der Waals surface area contributed by atoms with Crippen molar-refractivity contribution in [2.24, 2.45) is 0 Å². The Morgan fingerprint density at radius 2 is 1.44 bits per heavy atom. The summed E-state index contributed by atoms with van der Waals surface area (Å²) in [6.07, 6.45) is -4.39. The Morgan fingerprint density at radius 3 is 1.89 bits per heavy atom. The number of carbonyl (C=O) groups excluding carboxylic acids is 1. The molecule has 1 aromatic heterocycles. The molecular formula is C22H19F3O2. The second-order valence-electron chi connectivity index (χ2n) is 6.64. The number of carbonyl (C=O) groups is 1. The van der Waals surface area contributed by atoms with Gasteiger partial charge in [-0.05, 0) is 50.1 Å². The van der Waals surface area contributed by atoms with Crippen molar-refractivity contribution in [3.8, 4) is 0 Å². The average Bonchev–Trinajstić information content (AvgIpc) is 2.98. The van der Waals surface area contributed by atoms with Crippen LogP contribution in [0.3, 0.4) is 0 Å². The number of ketones is 1. The first-order chi connectivity index (χ1) is 12.7. The molecule has 5 heteroatoms. The van der Waals surface area contributed by atoms with E-state index in [1.807, 2.05) is 31.2 Å². The number of hydrogen-bond acceptors (Lipinski definition) is 2. The van der Waals surface area contributed by atoms with Crippen LogP contribution in [0.15, 0.2) is 59.0 Å². The molecule has 140 valence electrons. The van der Waals surface area contributed by atoms with Crippen molar-refractivity contribution in [1.82, 2.24) is 0 Å². The molecule has 0 fully saturated rings. The van der Waals surface area contributed by atoms with Crippen molar-refractivity contribution in [2.45, 2.75) is 32.9 Å². The number of benzene rings is 2. The molecule has 1 heterocycles. The maximum atomic E-state index is 12.9. The van der Waals surface area contributed by atoms with Gasteiger partial charge in [0.05, 0.1) is 17.0 Å². The van der Waals surface area contributed by atoms with Crippen LogP contribution in [0, 0.1) is 13.8 Å². The van der Waals surface area contributed by atoms with Gasteiger partial charge in [0.1, 0.15) is 11.5 Å². The van der Waals surface area contributed by atoms with Gasteiger partial charge < -0.3 is 4.42 Å². The molecule has 1 unspecified atom stereocenters. The fourth-order valence-electron chi connectivity index (χ4n) is 3.14. The van der Waals surface area contributed by atoms with Crippen molar-refractivity contribution in [3.05, 3.63) is 93.9 Å². The Hall–Kier alpha value is -2.82. The van der Waals surface area contributed by atoms with Crippen molar-refractivity contribution >= 4 is 5.78 Å². The highest BCUT2D eigenvalue weighted by atomic mass is 19.4. The summed E-state index contributed by atoms with van der Waals surface area (Å²) in [6.45, 7) is 5.13. The van der Waals surface area contributed by atoms with E-state index in [-0.39, 0.29) is 5.78 Å². The van der Waals surface area contributed by atoms with Crippen LogP contribution >= 0.6 is 0 Å².